The molecule has 2 heterocycles. The Kier molecular flexibility index (Phi) is 3.79. The van der Waals surface area contributed by atoms with Gasteiger partial charge in [0.25, 0.3) is 0 Å². The van der Waals surface area contributed by atoms with Crippen molar-refractivity contribution in [3.63, 3.8) is 0 Å². The fourth-order valence-corrected chi connectivity index (χ4v) is 3.24. The van der Waals surface area contributed by atoms with Crippen LogP contribution in [0.1, 0.15) is 16.7 Å². The molecule has 0 saturated carbocycles. The molecule has 2 aromatic rings. The van der Waals surface area contributed by atoms with Crippen molar-refractivity contribution >= 4 is 17.3 Å². The molecular weight excluding hydrogens is 308 g/mol. The van der Waals surface area contributed by atoms with E-state index in [0.29, 0.717) is 13.3 Å². The monoisotopic (exact) mass is 326 g/mol. The Morgan fingerprint density at radius 1 is 1.09 bits per heavy atom. The fraction of sp³-hybridized carbons (Fsp3) is 0.278. The van der Waals surface area contributed by atoms with Crippen LogP contribution in [0.2, 0.25) is 0 Å². The summed E-state index contributed by atoms with van der Waals surface area (Å²) in [6.07, 6.45) is 1.04. The van der Waals surface area contributed by atoms with Crippen molar-refractivity contribution in [1.29, 1.82) is 0 Å². The lowest BCUT2D eigenvalue weighted by Crippen LogP contribution is -2.42. The lowest BCUT2D eigenvalue weighted by molar-refractivity contribution is 0.174. The molecule has 4 rings (SSSR count). The van der Waals surface area contributed by atoms with Gasteiger partial charge in [-0.05, 0) is 47.5 Å². The summed E-state index contributed by atoms with van der Waals surface area (Å²) in [5, 5.41) is 4.15. The van der Waals surface area contributed by atoms with Crippen LogP contribution in [-0.2, 0) is 19.5 Å². The molecule has 0 amide bonds. The first-order valence-corrected chi connectivity index (χ1v) is 8.18. The number of nitrogens with zero attached hydrogens (tertiary/aromatic N) is 1. The van der Waals surface area contributed by atoms with Crippen molar-refractivity contribution in [3.05, 3.63) is 59.2 Å². The summed E-state index contributed by atoms with van der Waals surface area (Å²) < 4.78 is 10.7. The number of fused-ring (bicyclic) bond motifs is 2. The average molecular weight is 326 g/mol. The highest BCUT2D eigenvalue weighted by Gasteiger charge is 2.18. The van der Waals surface area contributed by atoms with Gasteiger partial charge in [0, 0.05) is 19.6 Å². The fourth-order valence-electron chi connectivity index (χ4n) is 3.01. The molecule has 1 N–H and O–H groups in total. The van der Waals surface area contributed by atoms with Gasteiger partial charge in [0.1, 0.15) is 0 Å². The van der Waals surface area contributed by atoms with Gasteiger partial charge in [0.15, 0.2) is 16.6 Å². The van der Waals surface area contributed by atoms with Crippen molar-refractivity contribution in [1.82, 2.24) is 10.2 Å². The second kappa shape index (κ2) is 6.08. The summed E-state index contributed by atoms with van der Waals surface area (Å²) >= 11 is 5.56. The van der Waals surface area contributed by atoms with E-state index >= 15 is 0 Å². The first-order valence-electron chi connectivity index (χ1n) is 7.78. The van der Waals surface area contributed by atoms with Crippen LogP contribution in [0.25, 0.3) is 0 Å². The Balaban J connectivity index is 1.37. The number of benzene rings is 2. The van der Waals surface area contributed by atoms with E-state index in [1.54, 1.807) is 0 Å². The minimum atomic E-state index is 0.303. The lowest BCUT2D eigenvalue weighted by Gasteiger charge is -2.31. The van der Waals surface area contributed by atoms with Gasteiger partial charge in [-0.2, -0.15) is 0 Å². The third kappa shape index (κ3) is 2.97. The van der Waals surface area contributed by atoms with E-state index < -0.39 is 0 Å². The Bertz CT molecular complexity index is 748. The molecule has 0 aliphatic carbocycles. The molecule has 4 nitrogen and oxygen atoms in total. The smallest absolute Gasteiger partial charge is 0.231 e. The third-order valence-corrected chi connectivity index (χ3v) is 4.70. The maximum absolute atomic E-state index is 5.56. The summed E-state index contributed by atoms with van der Waals surface area (Å²) in [6.45, 7) is 2.83. The Morgan fingerprint density at radius 2 is 1.91 bits per heavy atom. The van der Waals surface area contributed by atoms with Gasteiger partial charge < -0.3 is 19.7 Å². The molecular formula is C18H18N2O2S. The standard InChI is InChI=1S/C18H18N2O2S/c23-18(20-8-7-14-3-1-2-4-15(14)11-20)19-10-13-5-6-16-17(9-13)22-12-21-16/h1-6,9H,7-8,10-12H2,(H,19,23). The minimum absolute atomic E-state index is 0.303. The molecule has 0 fully saturated rings. The molecule has 0 atom stereocenters. The number of thiocarbonyl (C=S) groups is 1. The number of rotatable bonds is 2. The summed E-state index contributed by atoms with van der Waals surface area (Å²) in [5.41, 5.74) is 3.93. The highest BCUT2D eigenvalue weighted by Crippen LogP contribution is 2.32. The highest BCUT2D eigenvalue weighted by atomic mass is 32.1. The predicted molar refractivity (Wildman–Crippen MR) is 92.6 cm³/mol. The summed E-state index contributed by atoms with van der Waals surface area (Å²) in [7, 11) is 0. The van der Waals surface area contributed by atoms with E-state index in [0.717, 1.165) is 41.7 Å². The second-order valence-electron chi connectivity index (χ2n) is 5.79. The van der Waals surface area contributed by atoms with Gasteiger partial charge >= 0.3 is 0 Å². The average Bonchev–Trinajstić information content (AvgIpc) is 3.07. The van der Waals surface area contributed by atoms with Crippen molar-refractivity contribution in [3.8, 4) is 11.5 Å². The first-order chi connectivity index (χ1) is 11.3. The molecule has 5 heteroatoms. The maximum Gasteiger partial charge on any atom is 0.231 e. The zero-order valence-corrected chi connectivity index (χ0v) is 13.6. The molecule has 0 saturated heterocycles. The van der Waals surface area contributed by atoms with Gasteiger partial charge in [0.2, 0.25) is 6.79 Å². The Labute approximate surface area is 141 Å². The SMILES string of the molecule is S=C(NCc1ccc2c(c1)OCO2)N1CCc2ccccc2C1. The van der Waals surface area contributed by atoms with E-state index in [-0.39, 0.29) is 0 Å². The first kappa shape index (κ1) is 14.3. The predicted octanol–water partition coefficient (Wildman–Crippen LogP) is 2.85. The number of nitrogens with one attached hydrogen (secondary N) is 1. The highest BCUT2D eigenvalue weighted by molar-refractivity contribution is 7.80. The van der Waals surface area contributed by atoms with Gasteiger partial charge in [-0.1, -0.05) is 30.3 Å². The van der Waals surface area contributed by atoms with Crippen molar-refractivity contribution in [2.24, 2.45) is 0 Å². The third-order valence-electron chi connectivity index (χ3n) is 4.30. The quantitative estimate of drug-likeness (QED) is 0.858. The molecule has 0 spiro atoms. The molecule has 23 heavy (non-hydrogen) atoms. The van der Waals surface area contributed by atoms with Crippen molar-refractivity contribution < 1.29 is 9.47 Å². The van der Waals surface area contributed by atoms with E-state index in [2.05, 4.69) is 34.5 Å². The van der Waals surface area contributed by atoms with Crippen LogP contribution in [0.4, 0.5) is 0 Å². The number of ether oxygens (including phenoxy) is 2. The van der Waals surface area contributed by atoms with Crippen LogP contribution in [0.5, 0.6) is 11.5 Å². The molecule has 2 aromatic carbocycles. The summed E-state index contributed by atoms with van der Waals surface area (Å²) in [4.78, 5) is 2.23. The minimum Gasteiger partial charge on any atom is -0.454 e. The molecule has 0 radical (unpaired) electrons. The van der Waals surface area contributed by atoms with Crippen LogP contribution >= 0.6 is 12.2 Å². The van der Waals surface area contributed by atoms with E-state index in [9.17, 15) is 0 Å². The Morgan fingerprint density at radius 3 is 2.83 bits per heavy atom. The van der Waals surface area contributed by atoms with Crippen LogP contribution in [0.15, 0.2) is 42.5 Å². The normalized spacial score (nSPS) is 15.2. The van der Waals surface area contributed by atoms with Gasteiger partial charge in [-0.3, -0.25) is 0 Å². The number of hydrogen-bond acceptors (Lipinski definition) is 3. The number of hydrogen-bond donors (Lipinski definition) is 1. The lowest BCUT2D eigenvalue weighted by atomic mass is 10.0. The van der Waals surface area contributed by atoms with Gasteiger partial charge in [-0.25, -0.2) is 0 Å². The van der Waals surface area contributed by atoms with Crippen molar-refractivity contribution in [2.45, 2.75) is 19.5 Å². The molecule has 0 bridgehead atoms. The Hall–Kier alpha value is -2.27. The second-order valence-corrected chi connectivity index (χ2v) is 6.17. The maximum atomic E-state index is 5.56. The van der Waals surface area contributed by atoms with Crippen LogP contribution in [-0.4, -0.2) is 23.4 Å². The molecule has 2 aliphatic rings. The molecule has 118 valence electrons. The zero-order chi connectivity index (χ0) is 15.6. The van der Waals surface area contributed by atoms with Gasteiger partial charge in [0.05, 0.1) is 0 Å². The topological polar surface area (TPSA) is 33.7 Å². The largest absolute Gasteiger partial charge is 0.454 e. The van der Waals surface area contributed by atoms with Gasteiger partial charge in [-0.15, -0.1) is 0 Å². The van der Waals surface area contributed by atoms with E-state index in [4.69, 9.17) is 21.7 Å². The van der Waals surface area contributed by atoms with E-state index in [1.807, 2.05) is 18.2 Å². The van der Waals surface area contributed by atoms with Crippen LogP contribution in [0, 0.1) is 0 Å². The van der Waals surface area contributed by atoms with Crippen LogP contribution < -0.4 is 14.8 Å². The molecule has 2 aliphatic heterocycles. The summed E-state index contributed by atoms with van der Waals surface area (Å²) in [5.74, 6) is 1.62. The van der Waals surface area contributed by atoms with Crippen molar-refractivity contribution in [2.75, 3.05) is 13.3 Å². The van der Waals surface area contributed by atoms with Crippen LogP contribution in [0.3, 0.4) is 0 Å². The molecule has 0 aromatic heterocycles. The zero-order valence-electron chi connectivity index (χ0n) is 12.7. The molecule has 0 unspecified atom stereocenters. The summed E-state index contributed by atoms with van der Waals surface area (Å²) in [6, 6.07) is 14.6. The van der Waals surface area contributed by atoms with E-state index in [1.165, 1.54) is 11.1 Å².